The summed E-state index contributed by atoms with van der Waals surface area (Å²) in [5.74, 6) is 0. The van der Waals surface area contributed by atoms with Gasteiger partial charge in [0.15, 0.2) is 0 Å². The lowest BCUT2D eigenvalue weighted by Crippen LogP contribution is -2.08. The summed E-state index contributed by atoms with van der Waals surface area (Å²) < 4.78 is 1.92. The normalized spacial score (nSPS) is 18.9. The van der Waals surface area contributed by atoms with Gasteiger partial charge in [0.05, 0.1) is 11.3 Å². The van der Waals surface area contributed by atoms with Crippen LogP contribution < -0.4 is 0 Å². The van der Waals surface area contributed by atoms with Gasteiger partial charge in [0.25, 0.3) is 0 Å². The van der Waals surface area contributed by atoms with Crippen LogP contribution in [0.3, 0.4) is 0 Å². The fraction of sp³-hybridized carbons (Fsp3) is 0.700. The van der Waals surface area contributed by atoms with E-state index in [1.165, 1.54) is 0 Å². The van der Waals surface area contributed by atoms with E-state index in [9.17, 15) is 5.11 Å². The number of rotatable bonds is 4. The molecule has 1 aromatic heterocycles. The van der Waals surface area contributed by atoms with E-state index in [2.05, 4.69) is 12.0 Å². The number of nitrogens with zero attached hydrogens (tertiary/aromatic N) is 2. The number of aryl methyl sites for hydroxylation is 2. The molecule has 0 spiro atoms. The number of hydrogen-bond donors (Lipinski definition) is 1. The Kier molecular flexibility index (Phi) is 2.12. The van der Waals surface area contributed by atoms with Gasteiger partial charge in [-0.2, -0.15) is 5.10 Å². The minimum Gasteiger partial charge on any atom is -0.390 e. The molecule has 0 aromatic carbocycles. The van der Waals surface area contributed by atoms with Crippen molar-refractivity contribution >= 4 is 0 Å². The molecule has 1 saturated carbocycles. The van der Waals surface area contributed by atoms with Crippen molar-refractivity contribution in [1.82, 2.24) is 9.78 Å². The molecule has 3 heteroatoms. The van der Waals surface area contributed by atoms with Crippen LogP contribution in [-0.2, 0) is 13.0 Å². The Balaban J connectivity index is 1.87. The Morgan fingerprint density at radius 3 is 2.92 bits per heavy atom. The zero-order valence-corrected chi connectivity index (χ0v) is 8.03. The molecule has 1 N–H and O–H groups in total. The highest BCUT2D eigenvalue weighted by atomic mass is 16.3. The smallest absolute Gasteiger partial charge is 0.0653 e. The Hall–Kier alpha value is -0.830. The SMILES string of the molecule is CCn1ccc(CCC2(O)CC2)n1. The Bertz CT molecular complexity index is 289. The van der Waals surface area contributed by atoms with Crippen LogP contribution in [-0.4, -0.2) is 20.5 Å². The molecule has 0 amide bonds. The molecule has 1 aliphatic rings. The maximum absolute atomic E-state index is 9.62. The predicted molar refractivity (Wildman–Crippen MR) is 50.4 cm³/mol. The number of aliphatic hydroxyl groups is 1. The van der Waals surface area contributed by atoms with Crippen LogP contribution in [0.5, 0.6) is 0 Å². The van der Waals surface area contributed by atoms with Crippen LogP contribution >= 0.6 is 0 Å². The van der Waals surface area contributed by atoms with Gasteiger partial charge < -0.3 is 5.11 Å². The first-order valence-electron chi connectivity index (χ1n) is 4.96. The van der Waals surface area contributed by atoms with Gasteiger partial charge in [-0.1, -0.05) is 0 Å². The monoisotopic (exact) mass is 180 g/mol. The first kappa shape index (κ1) is 8.75. The molecule has 2 rings (SSSR count). The molecule has 0 aliphatic heterocycles. The summed E-state index contributed by atoms with van der Waals surface area (Å²) >= 11 is 0. The van der Waals surface area contributed by atoms with Crippen molar-refractivity contribution < 1.29 is 5.11 Å². The molecule has 1 fully saturated rings. The molecule has 72 valence electrons. The first-order chi connectivity index (χ1) is 6.22. The molecule has 0 bridgehead atoms. The van der Waals surface area contributed by atoms with Crippen LogP contribution in [0, 0.1) is 0 Å². The Morgan fingerprint density at radius 2 is 2.38 bits per heavy atom. The lowest BCUT2D eigenvalue weighted by atomic mass is 10.1. The van der Waals surface area contributed by atoms with E-state index in [0.717, 1.165) is 37.9 Å². The average Bonchev–Trinajstić information content (AvgIpc) is 2.69. The summed E-state index contributed by atoms with van der Waals surface area (Å²) in [5.41, 5.74) is 0.762. The van der Waals surface area contributed by atoms with Crippen LogP contribution in [0.2, 0.25) is 0 Å². The Labute approximate surface area is 78.4 Å². The molecule has 1 aromatic rings. The third-order valence-corrected chi connectivity index (χ3v) is 2.69. The van der Waals surface area contributed by atoms with E-state index < -0.39 is 0 Å². The molecular weight excluding hydrogens is 164 g/mol. The lowest BCUT2D eigenvalue weighted by molar-refractivity contribution is 0.140. The molecular formula is C10H16N2O. The largest absolute Gasteiger partial charge is 0.390 e. The van der Waals surface area contributed by atoms with E-state index in [-0.39, 0.29) is 5.60 Å². The third-order valence-electron chi connectivity index (χ3n) is 2.69. The topological polar surface area (TPSA) is 38.0 Å². The number of hydrogen-bond acceptors (Lipinski definition) is 2. The van der Waals surface area contributed by atoms with E-state index >= 15 is 0 Å². The zero-order chi connectivity index (χ0) is 9.31. The minimum absolute atomic E-state index is 0.337. The molecule has 0 saturated heterocycles. The summed E-state index contributed by atoms with van der Waals surface area (Å²) in [4.78, 5) is 0. The van der Waals surface area contributed by atoms with Gasteiger partial charge >= 0.3 is 0 Å². The fourth-order valence-corrected chi connectivity index (χ4v) is 1.47. The summed E-state index contributed by atoms with van der Waals surface area (Å²) in [6, 6.07) is 2.04. The molecule has 0 radical (unpaired) electrons. The van der Waals surface area contributed by atoms with Crippen molar-refractivity contribution in [3.8, 4) is 0 Å². The Morgan fingerprint density at radius 1 is 1.62 bits per heavy atom. The molecule has 0 atom stereocenters. The average molecular weight is 180 g/mol. The fourth-order valence-electron chi connectivity index (χ4n) is 1.47. The molecule has 1 heterocycles. The van der Waals surface area contributed by atoms with Crippen LogP contribution in [0.25, 0.3) is 0 Å². The molecule has 0 unspecified atom stereocenters. The van der Waals surface area contributed by atoms with Crippen molar-refractivity contribution in [3.05, 3.63) is 18.0 Å². The summed E-state index contributed by atoms with van der Waals surface area (Å²) in [7, 11) is 0. The van der Waals surface area contributed by atoms with Gasteiger partial charge in [0, 0.05) is 12.7 Å². The quantitative estimate of drug-likeness (QED) is 0.759. The molecule has 13 heavy (non-hydrogen) atoms. The van der Waals surface area contributed by atoms with Crippen molar-refractivity contribution in [2.24, 2.45) is 0 Å². The van der Waals surface area contributed by atoms with E-state index in [1.54, 1.807) is 0 Å². The van der Waals surface area contributed by atoms with E-state index in [4.69, 9.17) is 0 Å². The second-order valence-electron chi connectivity index (χ2n) is 3.89. The van der Waals surface area contributed by atoms with Gasteiger partial charge in [-0.15, -0.1) is 0 Å². The van der Waals surface area contributed by atoms with Gasteiger partial charge in [-0.05, 0) is 38.7 Å². The van der Waals surface area contributed by atoms with E-state index in [0.29, 0.717) is 0 Å². The molecule has 1 aliphatic carbocycles. The highest BCUT2D eigenvalue weighted by Gasteiger charge is 2.39. The van der Waals surface area contributed by atoms with Crippen LogP contribution in [0.15, 0.2) is 12.3 Å². The second kappa shape index (κ2) is 3.14. The lowest BCUT2D eigenvalue weighted by Gasteiger charge is -2.04. The van der Waals surface area contributed by atoms with E-state index in [1.807, 2.05) is 16.9 Å². The van der Waals surface area contributed by atoms with Gasteiger partial charge in [-0.3, -0.25) is 4.68 Å². The standard InChI is InChI=1S/C10H16N2O/c1-2-12-8-4-9(11-12)3-5-10(13)6-7-10/h4,8,13H,2-3,5-7H2,1H3. The van der Waals surface area contributed by atoms with Gasteiger partial charge in [0.2, 0.25) is 0 Å². The van der Waals surface area contributed by atoms with Crippen molar-refractivity contribution in [1.29, 1.82) is 0 Å². The summed E-state index contributed by atoms with van der Waals surface area (Å²) in [6.45, 7) is 3.00. The summed E-state index contributed by atoms with van der Waals surface area (Å²) in [6.07, 6.45) is 5.71. The highest BCUT2D eigenvalue weighted by Crippen LogP contribution is 2.38. The second-order valence-corrected chi connectivity index (χ2v) is 3.89. The number of aromatic nitrogens is 2. The highest BCUT2D eigenvalue weighted by molar-refractivity contribution is 5.03. The minimum atomic E-state index is -0.337. The first-order valence-corrected chi connectivity index (χ1v) is 4.96. The van der Waals surface area contributed by atoms with Crippen LogP contribution in [0.1, 0.15) is 31.9 Å². The zero-order valence-electron chi connectivity index (χ0n) is 8.03. The maximum atomic E-state index is 9.62. The predicted octanol–water partition coefficient (Wildman–Crippen LogP) is 1.36. The van der Waals surface area contributed by atoms with Gasteiger partial charge in [-0.25, -0.2) is 0 Å². The third kappa shape index (κ3) is 2.10. The van der Waals surface area contributed by atoms with Crippen molar-refractivity contribution in [2.75, 3.05) is 0 Å². The summed E-state index contributed by atoms with van der Waals surface area (Å²) in [5, 5.41) is 14.0. The maximum Gasteiger partial charge on any atom is 0.0653 e. The van der Waals surface area contributed by atoms with Crippen LogP contribution in [0.4, 0.5) is 0 Å². The molecule has 3 nitrogen and oxygen atoms in total. The van der Waals surface area contributed by atoms with Crippen molar-refractivity contribution in [3.63, 3.8) is 0 Å². The van der Waals surface area contributed by atoms with Gasteiger partial charge in [0.1, 0.15) is 0 Å². The van der Waals surface area contributed by atoms with Crippen molar-refractivity contribution in [2.45, 2.75) is 44.8 Å².